The van der Waals surface area contributed by atoms with Gasteiger partial charge in [0.1, 0.15) is 0 Å². The fraction of sp³-hybridized carbons (Fsp3) is 0.455. The van der Waals surface area contributed by atoms with Crippen LogP contribution in [0.25, 0.3) is 0 Å². The number of esters is 1. The van der Waals surface area contributed by atoms with Crippen LogP contribution in [-0.4, -0.2) is 13.1 Å². The minimum absolute atomic E-state index is 0.0603. The first-order valence-corrected chi connectivity index (χ1v) is 4.58. The summed E-state index contributed by atoms with van der Waals surface area (Å²) in [6.45, 7) is 5.84. The largest absolute Gasteiger partial charge is 0.463 e. The van der Waals surface area contributed by atoms with Gasteiger partial charge in [-0.05, 0) is 17.0 Å². The van der Waals surface area contributed by atoms with Gasteiger partial charge in [-0.3, -0.25) is 0 Å². The van der Waals surface area contributed by atoms with E-state index in [1.807, 2.05) is 20.8 Å². The van der Waals surface area contributed by atoms with Gasteiger partial charge in [0, 0.05) is 6.07 Å². The first-order valence-electron chi connectivity index (χ1n) is 4.58. The van der Waals surface area contributed by atoms with Crippen molar-refractivity contribution in [3.8, 4) is 0 Å². The minimum Gasteiger partial charge on any atom is -0.463 e. The molecule has 0 atom stereocenters. The Labute approximate surface area is 87.9 Å². The normalized spacial score (nSPS) is 11.2. The average Bonchev–Trinajstić information content (AvgIpc) is 2.14. The van der Waals surface area contributed by atoms with E-state index in [0.717, 1.165) is 5.56 Å². The van der Waals surface area contributed by atoms with Gasteiger partial charge in [0.25, 0.3) is 0 Å². The van der Waals surface area contributed by atoms with Crippen LogP contribution in [0.4, 0.5) is 0 Å². The second-order valence-electron chi connectivity index (χ2n) is 4.27. The SMILES string of the molecule is COC(=O)c1cc(C(C)(C)C)cc(=O)o1. The Morgan fingerprint density at radius 1 is 1.33 bits per heavy atom. The molecule has 1 rings (SSSR count). The summed E-state index contributed by atoms with van der Waals surface area (Å²) in [5.74, 6) is -0.701. The highest BCUT2D eigenvalue weighted by Crippen LogP contribution is 2.21. The molecular formula is C11H14O4. The highest BCUT2D eigenvalue weighted by atomic mass is 16.5. The summed E-state index contributed by atoms with van der Waals surface area (Å²) in [7, 11) is 1.24. The highest BCUT2D eigenvalue weighted by Gasteiger charge is 2.18. The number of hydrogen-bond donors (Lipinski definition) is 0. The summed E-state index contributed by atoms with van der Waals surface area (Å²) < 4.78 is 9.22. The molecule has 82 valence electrons. The van der Waals surface area contributed by atoms with Crippen LogP contribution in [0, 0.1) is 0 Å². The molecule has 4 heteroatoms. The third kappa shape index (κ3) is 2.68. The van der Waals surface area contributed by atoms with Gasteiger partial charge in [-0.25, -0.2) is 9.59 Å². The molecule has 0 fully saturated rings. The Hall–Kier alpha value is -1.58. The van der Waals surface area contributed by atoms with Crippen molar-refractivity contribution in [2.45, 2.75) is 26.2 Å². The number of ether oxygens (including phenoxy) is 1. The maximum Gasteiger partial charge on any atom is 0.374 e. The van der Waals surface area contributed by atoms with E-state index in [1.165, 1.54) is 19.2 Å². The van der Waals surface area contributed by atoms with Crippen LogP contribution in [0.5, 0.6) is 0 Å². The zero-order valence-corrected chi connectivity index (χ0v) is 9.29. The van der Waals surface area contributed by atoms with Crippen molar-refractivity contribution in [3.63, 3.8) is 0 Å². The van der Waals surface area contributed by atoms with E-state index in [0.29, 0.717) is 0 Å². The molecule has 0 aromatic carbocycles. The molecule has 0 spiro atoms. The van der Waals surface area contributed by atoms with Crippen LogP contribution in [0.2, 0.25) is 0 Å². The van der Waals surface area contributed by atoms with E-state index < -0.39 is 11.6 Å². The van der Waals surface area contributed by atoms with E-state index in [2.05, 4.69) is 4.74 Å². The molecule has 0 saturated heterocycles. The quantitative estimate of drug-likeness (QED) is 0.662. The summed E-state index contributed by atoms with van der Waals surface area (Å²) >= 11 is 0. The molecule has 0 radical (unpaired) electrons. The fourth-order valence-corrected chi connectivity index (χ4v) is 1.11. The topological polar surface area (TPSA) is 56.5 Å². The van der Waals surface area contributed by atoms with Crippen LogP contribution in [0.3, 0.4) is 0 Å². The number of rotatable bonds is 1. The van der Waals surface area contributed by atoms with E-state index in [1.54, 1.807) is 0 Å². The smallest absolute Gasteiger partial charge is 0.374 e. The second-order valence-corrected chi connectivity index (χ2v) is 4.27. The van der Waals surface area contributed by atoms with Gasteiger partial charge in [-0.2, -0.15) is 0 Å². The Kier molecular flexibility index (Phi) is 2.98. The molecule has 15 heavy (non-hydrogen) atoms. The summed E-state index contributed by atoms with van der Waals surface area (Å²) in [6.07, 6.45) is 0. The molecule has 1 aromatic heterocycles. The Balaban J connectivity index is 3.29. The van der Waals surface area contributed by atoms with Crippen LogP contribution in [-0.2, 0) is 10.2 Å². The molecule has 0 N–H and O–H groups in total. The Morgan fingerprint density at radius 2 is 1.93 bits per heavy atom. The number of methoxy groups -OCH3 is 1. The molecule has 0 amide bonds. The van der Waals surface area contributed by atoms with Gasteiger partial charge in [0.2, 0.25) is 5.76 Å². The standard InChI is InChI=1S/C11H14O4/c1-11(2,3)7-5-8(10(13)14-4)15-9(12)6-7/h5-6H,1-4H3. The van der Waals surface area contributed by atoms with Crippen molar-refractivity contribution in [1.82, 2.24) is 0 Å². The molecule has 0 saturated carbocycles. The van der Waals surface area contributed by atoms with Crippen LogP contribution >= 0.6 is 0 Å². The van der Waals surface area contributed by atoms with Crippen LogP contribution < -0.4 is 5.63 Å². The first-order chi connectivity index (χ1) is 6.84. The summed E-state index contributed by atoms with van der Waals surface area (Å²) in [6, 6.07) is 2.92. The first kappa shape index (κ1) is 11.5. The van der Waals surface area contributed by atoms with Crippen LogP contribution in [0.1, 0.15) is 36.9 Å². The van der Waals surface area contributed by atoms with Crippen molar-refractivity contribution >= 4 is 5.97 Å². The summed E-state index contributed by atoms with van der Waals surface area (Å²) in [5.41, 5.74) is 0.000550. The third-order valence-corrected chi connectivity index (χ3v) is 2.02. The molecule has 0 aliphatic carbocycles. The zero-order chi connectivity index (χ0) is 11.6. The molecule has 1 aromatic rings. The predicted octanol–water partition coefficient (Wildman–Crippen LogP) is 1.72. The third-order valence-electron chi connectivity index (χ3n) is 2.02. The van der Waals surface area contributed by atoms with Crippen LogP contribution in [0.15, 0.2) is 21.3 Å². The molecule has 0 aliphatic rings. The van der Waals surface area contributed by atoms with Crippen molar-refractivity contribution in [1.29, 1.82) is 0 Å². The van der Waals surface area contributed by atoms with E-state index >= 15 is 0 Å². The van der Waals surface area contributed by atoms with Crippen molar-refractivity contribution < 1.29 is 13.9 Å². The van der Waals surface area contributed by atoms with Gasteiger partial charge < -0.3 is 9.15 Å². The highest BCUT2D eigenvalue weighted by molar-refractivity contribution is 5.86. The van der Waals surface area contributed by atoms with Gasteiger partial charge in [0.05, 0.1) is 7.11 Å². The van der Waals surface area contributed by atoms with Crippen molar-refractivity contribution in [2.24, 2.45) is 0 Å². The van der Waals surface area contributed by atoms with E-state index in [9.17, 15) is 9.59 Å². The van der Waals surface area contributed by atoms with E-state index in [-0.39, 0.29) is 11.2 Å². The monoisotopic (exact) mass is 210 g/mol. The fourth-order valence-electron chi connectivity index (χ4n) is 1.11. The zero-order valence-electron chi connectivity index (χ0n) is 9.29. The number of hydrogen-bond acceptors (Lipinski definition) is 4. The summed E-state index contributed by atoms with van der Waals surface area (Å²) in [4.78, 5) is 22.4. The lowest BCUT2D eigenvalue weighted by Gasteiger charge is -2.18. The van der Waals surface area contributed by atoms with Gasteiger partial charge >= 0.3 is 11.6 Å². The lowest BCUT2D eigenvalue weighted by atomic mass is 9.87. The van der Waals surface area contributed by atoms with Gasteiger partial charge in [-0.1, -0.05) is 20.8 Å². The maximum absolute atomic E-state index is 11.2. The van der Waals surface area contributed by atoms with Crippen molar-refractivity contribution in [2.75, 3.05) is 7.11 Å². The molecule has 0 bridgehead atoms. The average molecular weight is 210 g/mol. The Bertz CT molecular complexity index is 423. The second kappa shape index (κ2) is 3.88. The number of carbonyl (C=O) groups excluding carboxylic acids is 1. The van der Waals surface area contributed by atoms with Crippen molar-refractivity contribution in [3.05, 3.63) is 33.9 Å². The maximum atomic E-state index is 11.2. The lowest BCUT2D eigenvalue weighted by molar-refractivity contribution is 0.0559. The minimum atomic E-state index is -0.641. The lowest BCUT2D eigenvalue weighted by Crippen LogP contribution is -2.17. The summed E-state index contributed by atoms with van der Waals surface area (Å²) in [5, 5.41) is 0. The number of carbonyl (C=O) groups is 1. The molecule has 0 aliphatic heterocycles. The molecular weight excluding hydrogens is 196 g/mol. The Morgan fingerprint density at radius 3 is 2.40 bits per heavy atom. The predicted molar refractivity (Wildman–Crippen MR) is 55.0 cm³/mol. The van der Waals surface area contributed by atoms with Gasteiger partial charge in [0.15, 0.2) is 0 Å². The molecule has 0 unspecified atom stereocenters. The molecule has 4 nitrogen and oxygen atoms in total. The molecule has 1 heterocycles. The van der Waals surface area contributed by atoms with E-state index in [4.69, 9.17) is 4.42 Å². The van der Waals surface area contributed by atoms with Gasteiger partial charge in [-0.15, -0.1) is 0 Å².